The van der Waals surface area contributed by atoms with Crippen LogP contribution in [0.5, 0.6) is 5.75 Å². The van der Waals surface area contributed by atoms with Crippen LogP contribution >= 0.6 is 0 Å². The third-order valence-electron chi connectivity index (χ3n) is 4.58. The number of hydrogen-bond acceptors (Lipinski definition) is 6. The van der Waals surface area contributed by atoms with Gasteiger partial charge in [-0.1, -0.05) is 6.92 Å². The van der Waals surface area contributed by atoms with Crippen molar-refractivity contribution in [3.63, 3.8) is 0 Å². The van der Waals surface area contributed by atoms with Gasteiger partial charge in [0, 0.05) is 37.6 Å². The Hall–Kier alpha value is -3.56. The summed E-state index contributed by atoms with van der Waals surface area (Å²) in [7, 11) is 0. The van der Waals surface area contributed by atoms with Crippen LogP contribution in [0.25, 0.3) is 5.70 Å². The second-order valence-electron chi connectivity index (χ2n) is 6.77. The van der Waals surface area contributed by atoms with Crippen LogP contribution in [0.2, 0.25) is 0 Å². The minimum atomic E-state index is -4.75. The maximum Gasteiger partial charge on any atom is 0.573 e. The van der Waals surface area contributed by atoms with E-state index in [2.05, 4.69) is 20.0 Å². The zero-order chi connectivity index (χ0) is 23.0. The van der Waals surface area contributed by atoms with E-state index in [0.717, 1.165) is 17.9 Å². The maximum absolute atomic E-state index is 12.5. The number of alkyl halides is 3. The van der Waals surface area contributed by atoms with Gasteiger partial charge in [-0.05, 0) is 48.0 Å². The zero-order valence-corrected chi connectivity index (χ0v) is 17.4. The topological polar surface area (TPSA) is 76.6 Å². The maximum atomic E-state index is 12.5. The van der Waals surface area contributed by atoms with Gasteiger partial charge in [0.25, 0.3) is 5.91 Å². The van der Waals surface area contributed by atoms with Gasteiger partial charge in [0.05, 0.1) is 12.3 Å². The first-order valence-electron chi connectivity index (χ1n) is 10.1. The highest BCUT2D eigenvalue weighted by Gasteiger charge is 2.31. The summed E-state index contributed by atoms with van der Waals surface area (Å²) in [6.07, 6.45) is 2.65. The number of rotatable bonds is 7. The molecule has 0 aliphatic carbocycles. The quantitative estimate of drug-likeness (QED) is 0.695. The SMILES string of the molecule is CCC1=CC=C(c2ccc(OC(F)(F)F)cc2)N(CCNC(=O)c2ncccn2)CCO1. The highest BCUT2D eigenvalue weighted by Crippen LogP contribution is 2.27. The number of halogens is 3. The van der Waals surface area contributed by atoms with Crippen LogP contribution in [-0.2, 0) is 4.74 Å². The fourth-order valence-electron chi connectivity index (χ4n) is 3.09. The average molecular weight is 448 g/mol. The third kappa shape index (κ3) is 6.73. The third-order valence-corrected chi connectivity index (χ3v) is 4.58. The zero-order valence-electron chi connectivity index (χ0n) is 17.4. The van der Waals surface area contributed by atoms with Gasteiger partial charge in [0.1, 0.15) is 12.4 Å². The molecule has 1 aromatic heterocycles. The summed E-state index contributed by atoms with van der Waals surface area (Å²) in [6, 6.07) is 7.31. The summed E-state index contributed by atoms with van der Waals surface area (Å²) >= 11 is 0. The van der Waals surface area contributed by atoms with Crippen LogP contribution in [0, 0.1) is 0 Å². The molecule has 2 heterocycles. The van der Waals surface area contributed by atoms with E-state index in [1.807, 2.05) is 24.0 Å². The van der Waals surface area contributed by atoms with Crippen LogP contribution < -0.4 is 10.1 Å². The number of allylic oxidation sites excluding steroid dienone is 3. The van der Waals surface area contributed by atoms with E-state index in [1.54, 1.807) is 18.2 Å². The molecule has 7 nitrogen and oxygen atoms in total. The molecule has 1 N–H and O–H groups in total. The Labute approximate surface area is 183 Å². The summed E-state index contributed by atoms with van der Waals surface area (Å²) in [5.41, 5.74) is 1.51. The number of amides is 1. The lowest BCUT2D eigenvalue weighted by Gasteiger charge is -2.29. The molecule has 0 spiro atoms. The van der Waals surface area contributed by atoms with Crippen molar-refractivity contribution in [3.8, 4) is 5.75 Å². The van der Waals surface area contributed by atoms with Crippen molar-refractivity contribution in [1.29, 1.82) is 0 Å². The number of nitrogens with one attached hydrogen (secondary N) is 1. The lowest BCUT2D eigenvalue weighted by Crippen LogP contribution is -2.36. The van der Waals surface area contributed by atoms with Gasteiger partial charge in [-0.2, -0.15) is 0 Å². The number of carbonyl (C=O) groups is 1. The Morgan fingerprint density at radius 1 is 1.19 bits per heavy atom. The molecule has 1 amide bonds. The number of benzene rings is 1. The Morgan fingerprint density at radius 3 is 2.56 bits per heavy atom. The first-order valence-corrected chi connectivity index (χ1v) is 10.1. The minimum absolute atomic E-state index is 0.0787. The Balaban J connectivity index is 1.74. The van der Waals surface area contributed by atoms with Crippen molar-refractivity contribution in [1.82, 2.24) is 20.2 Å². The van der Waals surface area contributed by atoms with Crippen LogP contribution in [-0.4, -0.2) is 53.4 Å². The smallest absolute Gasteiger partial charge is 0.496 e. The second-order valence-corrected chi connectivity index (χ2v) is 6.77. The van der Waals surface area contributed by atoms with Crippen molar-refractivity contribution in [2.24, 2.45) is 0 Å². The van der Waals surface area contributed by atoms with Crippen molar-refractivity contribution in [2.45, 2.75) is 19.7 Å². The summed E-state index contributed by atoms with van der Waals surface area (Å²) in [5.74, 6) is 0.215. The lowest BCUT2D eigenvalue weighted by molar-refractivity contribution is -0.274. The molecule has 32 heavy (non-hydrogen) atoms. The number of hydrogen-bond donors (Lipinski definition) is 1. The van der Waals surface area contributed by atoms with Crippen LogP contribution in [0.4, 0.5) is 13.2 Å². The molecule has 1 aromatic carbocycles. The van der Waals surface area contributed by atoms with E-state index in [-0.39, 0.29) is 17.5 Å². The van der Waals surface area contributed by atoms with Gasteiger partial charge in [-0.15, -0.1) is 13.2 Å². The molecule has 0 unspecified atom stereocenters. The van der Waals surface area contributed by atoms with Crippen LogP contribution in [0.15, 0.2) is 60.6 Å². The number of nitrogens with zero attached hydrogens (tertiary/aromatic N) is 3. The molecule has 1 aliphatic rings. The van der Waals surface area contributed by atoms with E-state index in [4.69, 9.17) is 4.74 Å². The number of ether oxygens (including phenoxy) is 2. The van der Waals surface area contributed by atoms with E-state index < -0.39 is 6.36 Å². The molecule has 10 heteroatoms. The normalized spacial score (nSPS) is 14.4. The van der Waals surface area contributed by atoms with Gasteiger partial charge >= 0.3 is 6.36 Å². The molecular formula is C22H23F3N4O3. The molecule has 170 valence electrons. The summed E-state index contributed by atoms with van der Waals surface area (Å²) in [6.45, 7) is 3.70. The largest absolute Gasteiger partial charge is 0.573 e. The highest BCUT2D eigenvalue weighted by molar-refractivity contribution is 5.90. The van der Waals surface area contributed by atoms with Crippen molar-refractivity contribution in [2.75, 3.05) is 26.2 Å². The van der Waals surface area contributed by atoms with Crippen molar-refractivity contribution in [3.05, 3.63) is 72.0 Å². The van der Waals surface area contributed by atoms with Gasteiger partial charge in [-0.3, -0.25) is 4.79 Å². The first kappa shape index (κ1) is 23.1. The number of aromatic nitrogens is 2. The summed E-state index contributed by atoms with van der Waals surface area (Å²) < 4.78 is 47.1. The Bertz CT molecular complexity index is 961. The van der Waals surface area contributed by atoms with Gasteiger partial charge in [0.2, 0.25) is 5.82 Å². The average Bonchev–Trinajstić information content (AvgIpc) is 2.76. The highest BCUT2D eigenvalue weighted by atomic mass is 19.4. The molecule has 3 rings (SSSR count). The molecule has 2 aromatic rings. The van der Waals surface area contributed by atoms with Crippen LogP contribution in [0.3, 0.4) is 0 Å². The lowest BCUT2D eigenvalue weighted by atomic mass is 10.1. The molecule has 0 bridgehead atoms. The van der Waals surface area contributed by atoms with Gasteiger partial charge < -0.3 is 19.7 Å². The van der Waals surface area contributed by atoms with E-state index in [1.165, 1.54) is 24.5 Å². The first-order chi connectivity index (χ1) is 15.4. The van der Waals surface area contributed by atoms with E-state index >= 15 is 0 Å². The fourth-order valence-corrected chi connectivity index (χ4v) is 3.09. The second kappa shape index (κ2) is 10.7. The predicted molar refractivity (Wildman–Crippen MR) is 111 cm³/mol. The van der Waals surface area contributed by atoms with Crippen molar-refractivity contribution >= 4 is 11.6 Å². The standard InChI is InChI=1S/C22H23F3N4O3/c1-2-17-8-9-19(16-4-6-18(7-5-16)32-22(23,24)25)29(14-15-31-17)13-12-28-21(30)20-26-10-3-11-27-20/h3-11H,2,12-15H2,1H3,(H,28,30). The summed E-state index contributed by atoms with van der Waals surface area (Å²) in [4.78, 5) is 22.0. The Morgan fingerprint density at radius 2 is 1.91 bits per heavy atom. The monoisotopic (exact) mass is 448 g/mol. The predicted octanol–water partition coefficient (Wildman–Crippen LogP) is 3.77. The van der Waals surface area contributed by atoms with E-state index in [9.17, 15) is 18.0 Å². The molecule has 0 radical (unpaired) electrons. The van der Waals surface area contributed by atoms with E-state index in [0.29, 0.717) is 31.8 Å². The molecule has 0 fully saturated rings. The molecule has 0 saturated heterocycles. The fraction of sp³-hybridized carbons (Fsp3) is 0.318. The Kier molecular flexibility index (Phi) is 7.69. The van der Waals surface area contributed by atoms with Crippen LogP contribution in [0.1, 0.15) is 29.5 Å². The molecule has 0 atom stereocenters. The van der Waals surface area contributed by atoms with Gasteiger partial charge in [0.15, 0.2) is 0 Å². The molecule has 1 aliphatic heterocycles. The van der Waals surface area contributed by atoms with Crippen molar-refractivity contribution < 1.29 is 27.4 Å². The molecular weight excluding hydrogens is 425 g/mol. The molecule has 0 saturated carbocycles. The minimum Gasteiger partial charge on any atom is -0.496 e. The summed E-state index contributed by atoms with van der Waals surface area (Å²) in [5, 5.41) is 2.78. The number of carbonyl (C=O) groups excluding carboxylic acids is 1. The van der Waals surface area contributed by atoms with Gasteiger partial charge in [-0.25, -0.2) is 9.97 Å².